The molecule has 0 atom stereocenters. The Labute approximate surface area is 126 Å². The molecule has 0 aliphatic rings. The number of methoxy groups -OCH3 is 2. The summed E-state index contributed by atoms with van der Waals surface area (Å²) in [6, 6.07) is 5.17. The van der Waals surface area contributed by atoms with Gasteiger partial charge in [-0.25, -0.2) is 0 Å². The van der Waals surface area contributed by atoms with E-state index in [1.807, 2.05) is 0 Å². The summed E-state index contributed by atoms with van der Waals surface area (Å²) in [6.07, 6.45) is 0. The van der Waals surface area contributed by atoms with Gasteiger partial charge in [0, 0.05) is 13.0 Å². The van der Waals surface area contributed by atoms with Crippen LogP contribution in [0.4, 0.5) is 5.69 Å². The molecule has 2 rings (SSSR count). The highest BCUT2D eigenvalue weighted by atomic mass is 32.2. The van der Waals surface area contributed by atoms with Gasteiger partial charge in [-0.3, -0.25) is 4.79 Å². The summed E-state index contributed by atoms with van der Waals surface area (Å²) < 4.78 is 15.5. The maximum absolute atomic E-state index is 11.9. The molecule has 21 heavy (non-hydrogen) atoms. The van der Waals surface area contributed by atoms with Gasteiger partial charge in [-0.2, -0.15) is 0 Å². The summed E-state index contributed by atoms with van der Waals surface area (Å²) in [5.41, 5.74) is 0.546. The van der Waals surface area contributed by atoms with Crippen molar-refractivity contribution in [1.82, 2.24) is 10.2 Å². The van der Waals surface area contributed by atoms with Gasteiger partial charge in [0.1, 0.15) is 11.5 Å². The van der Waals surface area contributed by atoms with Crippen molar-refractivity contribution in [1.29, 1.82) is 0 Å². The van der Waals surface area contributed by atoms with Crippen LogP contribution in [0.5, 0.6) is 11.5 Å². The molecule has 1 aromatic heterocycles. The largest absolute Gasteiger partial charge is 0.497 e. The predicted octanol–water partition coefficient (Wildman–Crippen LogP) is 2.13. The van der Waals surface area contributed by atoms with Crippen LogP contribution in [0.15, 0.2) is 27.8 Å². The van der Waals surface area contributed by atoms with E-state index in [1.54, 1.807) is 32.2 Å². The van der Waals surface area contributed by atoms with Crippen LogP contribution in [0, 0.1) is 6.92 Å². The minimum absolute atomic E-state index is 0.155. The number of carbonyl (C=O) groups is 1. The van der Waals surface area contributed by atoms with Gasteiger partial charge in [0.05, 0.1) is 25.7 Å². The van der Waals surface area contributed by atoms with Crippen LogP contribution in [-0.2, 0) is 4.79 Å². The van der Waals surface area contributed by atoms with E-state index < -0.39 is 0 Å². The molecule has 0 saturated heterocycles. The zero-order valence-corrected chi connectivity index (χ0v) is 12.7. The molecule has 0 aliphatic carbocycles. The molecule has 7 nitrogen and oxygen atoms in total. The average molecular weight is 309 g/mol. The Balaban J connectivity index is 1.98. The Morgan fingerprint density at radius 3 is 2.76 bits per heavy atom. The summed E-state index contributed by atoms with van der Waals surface area (Å²) in [6.45, 7) is 1.69. The van der Waals surface area contributed by atoms with E-state index >= 15 is 0 Å². The Kier molecular flexibility index (Phi) is 5.04. The first-order valence-corrected chi connectivity index (χ1v) is 7.05. The molecule has 112 valence electrons. The fourth-order valence-electron chi connectivity index (χ4n) is 1.56. The van der Waals surface area contributed by atoms with Crippen LogP contribution in [0.25, 0.3) is 0 Å². The second-order valence-corrected chi connectivity index (χ2v) is 4.92. The summed E-state index contributed by atoms with van der Waals surface area (Å²) >= 11 is 1.17. The maximum Gasteiger partial charge on any atom is 0.277 e. The van der Waals surface area contributed by atoms with Gasteiger partial charge in [-0.1, -0.05) is 11.8 Å². The molecule has 1 N–H and O–H groups in total. The molecule has 0 saturated carbocycles. The molecule has 0 fully saturated rings. The Morgan fingerprint density at radius 2 is 2.14 bits per heavy atom. The third-order valence-corrected chi connectivity index (χ3v) is 3.33. The number of anilines is 1. The fraction of sp³-hybridized carbons (Fsp3) is 0.308. The fourth-order valence-corrected chi connectivity index (χ4v) is 2.17. The van der Waals surface area contributed by atoms with Crippen LogP contribution >= 0.6 is 11.8 Å². The number of hydrogen-bond acceptors (Lipinski definition) is 7. The number of thioether (sulfide) groups is 1. The summed E-state index contributed by atoms with van der Waals surface area (Å²) in [4.78, 5) is 11.9. The third-order valence-electron chi connectivity index (χ3n) is 2.51. The first-order valence-electron chi connectivity index (χ1n) is 6.07. The number of aromatic nitrogens is 2. The van der Waals surface area contributed by atoms with Crippen molar-refractivity contribution in [3.63, 3.8) is 0 Å². The van der Waals surface area contributed by atoms with E-state index in [9.17, 15) is 4.79 Å². The van der Waals surface area contributed by atoms with E-state index in [0.29, 0.717) is 28.3 Å². The third kappa shape index (κ3) is 4.12. The number of rotatable bonds is 6. The van der Waals surface area contributed by atoms with Crippen molar-refractivity contribution in [3.05, 3.63) is 24.1 Å². The van der Waals surface area contributed by atoms with E-state index in [-0.39, 0.29) is 11.7 Å². The normalized spacial score (nSPS) is 10.2. The van der Waals surface area contributed by atoms with Crippen molar-refractivity contribution in [2.45, 2.75) is 12.1 Å². The molecule has 1 heterocycles. The predicted molar refractivity (Wildman–Crippen MR) is 77.9 cm³/mol. The zero-order chi connectivity index (χ0) is 15.2. The van der Waals surface area contributed by atoms with Crippen LogP contribution < -0.4 is 14.8 Å². The van der Waals surface area contributed by atoms with Gasteiger partial charge < -0.3 is 19.2 Å². The minimum Gasteiger partial charge on any atom is -0.497 e. The number of aryl methyl sites for hydroxylation is 1. The van der Waals surface area contributed by atoms with Gasteiger partial charge in [-0.05, 0) is 12.1 Å². The number of amides is 1. The van der Waals surface area contributed by atoms with Gasteiger partial charge in [0.2, 0.25) is 11.8 Å². The van der Waals surface area contributed by atoms with Crippen LogP contribution in [0.3, 0.4) is 0 Å². The highest BCUT2D eigenvalue weighted by Crippen LogP contribution is 2.29. The average Bonchev–Trinajstić information content (AvgIpc) is 2.90. The lowest BCUT2D eigenvalue weighted by atomic mass is 10.2. The van der Waals surface area contributed by atoms with E-state index in [2.05, 4.69) is 15.5 Å². The molecular formula is C13H15N3O4S. The molecule has 1 aromatic carbocycles. The lowest BCUT2D eigenvalue weighted by Crippen LogP contribution is -2.14. The van der Waals surface area contributed by atoms with Gasteiger partial charge in [0.15, 0.2) is 0 Å². The van der Waals surface area contributed by atoms with Crippen molar-refractivity contribution >= 4 is 23.4 Å². The van der Waals surface area contributed by atoms with E-state index in [1.165, 1.54) is 18.9 Å². The number of nitrogens with zero attached hydrogens (tertiary/aromatic N) is 2. The number of benzene rings is 1. The number of carbonyl (C=O) groups excluding carboxylic acids is 1. The second kappa shape index (κ2) is 6.98. The zero-order valence-electron chi connectivity index (χ0n) is 11.9. The molecule has 0 radical (unpaired) electrons. The van der Waals surface area contributed by atoms with E-state index in [4.69, 9.17) is 13.9 Å². The van der Waals surface area contributed by atoms with Crippen molar-refractivity contribution in [2.75, 3.05) is 25.3 Å². The highest BCUT2D eigenvalue weighted by molar-refractivity contribution is 7.99. The topological polar surface area (TPSA) is 86.5 Å². The summed E-state index contributed by atoms with van der Waals surface area (Å²) in [5.74, 6) is 1.60. The molecule has 2 aromatic rings. The number of nitrogens with one attached hydrogen (secondary N) is 1. The maximum atomic E-state index is 11.9. The summed E-state index contributed by atoms with van der Waals surface area (Å²) in [5, 5.41) is 10.6. The lowest BCUT2D eigenvalue weighted by molar-refractivity contribution is -0.113. The van der Waals surface area contributed by atoms with Crippen molar-refractivity contribution in [3.8, 4) is 11.5 Å². The smallest absolute Gasteiger partial charge is 0.277 e. The van der Waals surface area contributed by atoms with Crippen LogP contribution in [0.1, 0.15) is 5.89 Å². The molecule has 1 amide bonds. The molecule has 8 heteroatoms. The second-order valence-electron chi connectivity index (χ2n) is 3.99. The van der Waals surface area contributed by atoms with Gasteiger partial charge in [-0.15, -0.1) is 10.2 Å². The van der Waals surface area contributed by atoms with Crippen LogP contribution in [0.2, 0.25) is 0 Å². The molecule has 0 aliphatic heterocycles. The van der Waals surface area contributed by atoms with Crippen LogP contribution in [-0.4, -0.2) is 36.1 Å². The minimum atomic E-state index is -0.206. The SMILES string of the molecule is COc1ccc(OC)c(NC(=O)CSc2nnc(C)o2)c1. The molecule has 0 unspecified atom stereocenters. The van der Waals surface area contributed by atoms with Crippen molar-refractivity contribution < 1.29 is 18.7 Å². The standard InChI is InChI=1S/C13H15N3O4S/c1-8-15-16-13(20-8)21-7-12(17)14-10-6-9(18-2)4-5-11(10)19-3/h4-6H,7H2,1-3H3,(H,14,17). The molecular weight excluding hydrogens is 294 g/mol. The van der Waals surface area contributed by atoms with Crippen molar-refractivity contribution in [2.24, 2.45) is 0 Å². The Morgan fingerprint density at radius 1 is 1.33 bits per heavy atom. The summed E-state index contributed by atoms with van der Waals surface area (Å²) in [7, 11) is 3.09. The lowest BCUT2D eigenvalue weighted by Gasteiger charge is -2.11. The Bertz CT molecular complexity index is 630. The van der Waals surface area contributed by atoms with Gasteiger partial charge >= 0.3 is 0 Å². The highest BCUT2D eigenvalue weighted by Gasteiger charge is 2.11. The monoisotopic (exact) mass is 309 g/mol. The van der Waals surface area contributed by atoms with E-state index in [0.717, 1.165) is 0 Å². The number of ether oxygens (including phenoxy) is 2. The molecule has 0 spiro atoms. The first kappa shape index (κ1) is 15.2. The number of hydrogen-bond donors (Lipinski definition) is 1. The Hall–Kier alpha value is -2.22. The first-order chi connectivity index (χ1) is 10.1. The molecule has 0 bridgehead atoms. The quantitative estimate of drug-likeness (QED) is 0.818. The van der Waals surface area contributed by atoms with Gasteiger partial charge in [0.25, 0.3) is 5.22 Å².